The SMILES string of the molecule is CCS(=O)(=O)Nc1cccc(CN2CCSCC2)c1. The van der Waals surface area contributed by atoms with E-state index in [1.54, 1.807) is 13.0 Å². The van der Waals surface area contributed by atoms with Crippen LogP contribution in [0.4, 0.5) is 5.69 Å². The highest BCUT2D eigenvalue weighted by Gasteiger charge is 2.11. The highest BCUT2D eigenvalue weighted by molar-refractivity contribution is 7.99. The van der Waals surface area contributed by atoms with E-state index in [2.05, 4.69) is 9.62 Å². The van der Waals surface area contributed by atoms with Crippen LogP contribution in [0, 0.1) is 0 Å². The lowest BCUT2D eigenvalue weighted by molar-refractivity contribution is 0.294. The molecular formula is C13H20N2O2S2. The molecule has 106 valence electrons. The predicted molar refractivity (Wildman–Crippen MR) is 82.1 cm³/mol. The van der Waals surface area contributed by atoms with Gasteiger partial charge in [0, 0.05) is 36.8 Å². The fourth-order valence-corrected chi connectivity index (χ4v) is 3.61. The Labute approximate surface area is 119 Å². The van der Waals surface area contributed by atoms with Gasteiger partial charge in [0.05, 0.1) is 5.75 Å². The first-order valence-electron chi connectivity index (χ1n) is 6.48. The summed E-state index contributed by atoms with van der Waals surface area (Å²) in [6.07, 6.45) is 0. The molecule has 2 rings (SSSR count). The molecule has 0 saturated carbocycles. The highest BCUT2D eigenvalue weighted by atomic mass is 32.2. The molecule has 0 aliphatic carbocycles. The van der Waals surface area contributed by atoms with Crippen LogP contribution in [0.2, 0.25) is 0 Å². The Bertz CT molecular complexity index is 511. The number of hydrogen-bond acceptors (Lipinski definition) is 4. The van der Waals surface area contributed by atoms with E-state index in [1.165, 1.54) is 11.5 Å². The van der Waals surface area contributed by atoms with Crippen LogP contribution in [0.15, 0.2) is 24.3 Å². The molecule has 0 spiro atoms. The first-order valence-corrected chi connectivity index (χ1v) is 9.29. The van der Waals surface area contributed by atoms with Gasteiger partial charge < -0.3 is 0 Å². The van der Waals surface area contributed by atoms with Crippen LogP contribution in [-0.2, 0) is 16.6 Å². The van der Waals surface area contributed by atoms with Crippen LogP contribution >= 0.6 is 11.8 Å². The Hall–Kier alpha value is -0.720. The number of nitrogens with zero attached hydrogens (tertiary/aromatic N) is 1. The van der Waals surface area contributed by atoms with Crippen molar-refractivity contribution in [3.63, 3.8) is 0 Å². The molecule has 0 atom stereocenters. The van der Waals surface area contributed by atoms with E-state index in [0.29, 0.717) is 5.69 Å². The van der Waals surface area contributed by atoms with Crippen LogP contribution in [0.5, 0.6) is 0 Å². The molecule has 1 fully saturated rings. The Morgan fingerprint density at radius 1 is 1.32 bits per heavy atom. The second-order valence-corrected chi connectivity index (χ2v) is 7.83. The van der Waals surface area contributed by atoms with Gasteiger partial charge in [-0.2, -0.15) is 11.8 Å². The Morgan fingerprint density at radius 2 is 2.05 bits per heavy atom. The summed E-state index contributed by atoms with van der Waals surface area (Å²) in [4.78, 5) is 2.41. The highest BCUT2D eigenvalue weighted by Crippen LogP contribution is 2.16. The van der Waals surface area contributed by atoms with Gasteiger partial charge in [-0.1, -0.05) is 12.1 Å². The molecule has 4 nitrogen and oxygen atoms in total. The lowest BCUT2D eigenvalue weighted by Crippen LogP contribution is -2.31. The Kier molecular flexibility index (Phi) is 5.13. The van der Waals surface area contributed by atoms with Gasteiger partial charge in [-0.15, -0.1) is 0 Å². The molecule has 1 aromatic carbocycles. The molecule has 1 N–H and O–H groups in total. The van der Waals surface area contributed by atoms with Crippen LogP contribution < -0.4 is 4.72 Å². The topological polar surface area (TPSA) is 49.4 Å². The van der Waals surface area contributed by atoms with Gasteiger partial charge >= 0.3 is 0 Å². The molecule has 1 heterocycles. The van der Waals surface area contributed by atoms with E-state index in [1.807, 2.05) is 30.0 Å². The van der Waals surface area contributed by atoms with Crippen molar-refractivity contribution in [2.24, 2.45) is 0 Å². The molecule has 0 aromatic heterocycles. The molecule has 1 aliphatic heterocycles. The molecule has 1 aromatic rings. The van der Waals surface area contributed by atoms with Gasteiger partial charge in [-0.25, -0.2) is 8.42 Å². The summed E-state index contributed by atoms with van der Waals surface area (Å²) in [6.45, 7) is 4.74. The van der Waals surface area contributed by atoms with Crippen molar-refractivity contribution in [1.29, 1.82) is 0 Å². The third-order valence-corrected chi connectivity index (χ3v) is 5.34. The fraction of sp³-hybridized carbons (Fsp3) is 0.538. The van der Waals surface area contributed by atoms with Crippen LogP contribution in [0.3, 0.4) is 0 Å². The quantitative estimate of drug-likeness (QED) is 0.903. The number of anilines is 1. The number of benzene rings is 1. The molecule has 1 saturated heterocycles. The standard InChI is InChI=1S/C13H20N2O2S2/c1-2-19(16,17)14-13-5-3-4-12(10-13)11-15-6-8-18-9-7-15/h3-5,10,14H,2,6-9,11H2,1H3. The maximum absolute atomic E-state index is 11.5. The third-order valence-electron chi connectivity index (χ3n) is 3.09. The van der Waals surface area contributed by atoms with Gasteiger partial charge in [0.25, 0.3) is 0 Å². The molecule has 1 aliphatic rings. The van der Waals surface area contributed by atoms with Crippen molar-refractivity contribution >= 4 is 27.5 Å². The van der Waals surface area contributed by atoms with E-state index in [-0.39, 0.29) is 5.75 Å². The minimum absolute atomic E-state index is 0.0978. The van der Waals surface area contributed by atoms with E-state index >= 15 is 0 Å². The number of hydrogen-bond donors (Lipinski definition) is 1. The normalized spacial score (nSPS) is 17.3. The van der Waals surface area contributed by atoms with Crippen molar-refractivity contribution in [3.05, 3.63) is 29.8 Å². The van der Waals surface area contributed by atoms with E-state index in [0.717, 1.165) is 25.2 Å². The van der Waals surface area contributed by atoms with Crippen molar-refractivity contribution in [3.8, 4) is 0 Å². The zero-order chi connectivity index (χ0) is 13.7. The summed E-state index contributed by atoms with van der Waals surface area (Å²) < 4.78 is 25.7. The van der Waals surface area contributed by atoms with Crippen molar-refractivity contribution < 1.29 is 8.42 Å². The second-order valence-electron chi connectivity index (χ2n) is 4.59. The average Bonchev–Trinajstić information content (AvgIpc) is 2.40. The molecule has 6 heteroatoms. The summed E-state index contributed by atoms with van der Waals surface area (Å²) in [6, 6.07) is 7.67. The minimum Gasteiger partial charge on any atom is -0.297 e. The van der Waals surface area contributed by atoms with E-state index in [4.69, 9.17) is 0 Å². The maximum Gasteiger partial charge on any atom is 0.232 e. The molecule has 0 bridgehead atoms. The third kappa shape index (κ3) is 4.71. The van der Waals surface area contributed by atoms with Gasteiger partial charge in [0.2, 0.25) is 10.0 Å². The van der Waals surface area contributed by atoms with Crippen molar-refractivity contribution in [2.75, 3.05) is 35.1 Å². The number of thioether (sulfide) groups is 1. The summed E-state index contributed by atoms with van der Waals surface area (Å²) in [5.41, 5.74) is 1.81. The van der Waals surface area contributed by atoms with Crippen LogP contribution in [-0.4, -0.2) is 43.7 Å². The average molecular weight is 300 g/mol. The summed E-state index contributed by atoms with van der Waals surface area (Å²) in [5, 5.41) is 0. The summed E-state index contributed by atoms with van der Waals surface area (Å²) >= 11 is 1.99. The molecular weight excluding hydrogens is 280 g/mol. The Morgan fingerprint density at radius 3 is 2.74 bits per heavy atom. The van der Waals surface area contributed by atoms with Gasteiger partial charge in [-0.3, -0.25) is 9.62 Å². The molecule has 0 amide bonds. The first kappa shape index (κ1) is 14.7. The minimum atomic E-state index is -3.19. The van der Waals surface area contributed by atoms with E-state index < -0.39 is 10.0 Å². The Balaban J connectivity index is 2.02. The zero-order valence-electron chi connectivity index (χ0n) is 11.1. The molecule has 19 heavy (non-hydrogen) atoms. The molecule has 0 radical (unpaired) electrons. The van der Waals surface area contributed by atoms with Gasteiger partial charge in [0.1, 0.15) is 0 Å². The van der Waals surface area contributed by atoms with Gasteiger partial charge in [0.15, 0.2) is 0 Å². The van der Waals surface area contributed by atoms with E-state index in [9.17, 15) is 8.42 Å². The van der Waals surface area contributed by atoms with Crippen LogP contribution in [0.1, 0.15) is 12.5 Å². The monoisotopic (exact) mass is 300 g/mol. The van der Waals surface area contributed by atoms with Crippen molar-refractivity contribution in [1.82, 2.24) is 4.90 Å². The zero-order valence-corrected chi connectivity index (χ0v) is 12.8. The second kappa shape index (κ2) is 6.63. The number of sulfonamides is 1. The molecule has 0 unspecified atom stereocenters. The smallest absolute Gasteiger partial charge is 0.232 e. The van der Waals surface area contributed by atoms with Crippen LogP contribution in [0.25, 0.3) is 0 Å². The fourth-order valence-electron chi connectivity index (χ4n) is 2.00. The first-order chi connectivity index (χ1) is 9.09. The lowest BCUT2D eigenvalue weighted by atomic mass is 10.2. The summed E-state index contributed by atoms with van der Waals surface area (Å²) in [7, 11) is -3.19. The number of nitrogens with one attached hydrogen (secondary N) is 1. The maximum atomic E-state index is 11.5. The number of rotatable bonds is 5. The predicted octanol–water partition coefficient (Wildman–Crippen LogP) is 2.00. The summed E-state index contributed by atoms with van der Waals surface area (Å²) in [5.74, 6) is 2.46. The van der Waals surface area contributed by atoms with Crippen molar-refractivity contribution in [2.45, 2.75) is 13.5 Å². The lowest BCUT2D eigenvalue weighted by Gasteiger charge is -2.26. The van der Waals surface area contributed by atoms with Gasteiger partial charge in [-0.05, 0) is 24.6 Å². The largest absolute Gasteiger partial charge is 0.297 e.